The summed E-state index contributed by atoms with van der Waals surface area (Å²) in [7, 11) is 0. The fourth-order valence-corrected chi connectivity index (χ4v) is 4.73. The van der Waals surface area contributed by atoms with E-state index in [0.717, 1.165) is 61.0 Å². The van der Waals surface area contributed by atoms with Gasteiger partial charge in [-0.05, 0) is 23.3 Å². The van der Waals surface area contributed by atoms with Gasteiger partial charge in [0.2, 0.25) is 0 Å². The van der Waals surface area contributed by atoms with Gasteiger partial charge >= 0.3 is 0 Å². The van der Waals surface area contributed by atoms with Gasteiger partial charge in [0.15, 0.2) is 5.13 Å². The molecule has 0 atom stereocenters. The number of nitrogens with one attached hydrogen (secondary N) is 1. The molecule has 0 radical (unpaired) electrons. The largest absolute Gasteiger partial charge is 0.379 e. The maximum atomic E-state index is 12.4. The molecule has 4 rings (SSSR count). The van der Waals surface area contributed by atoms with Gasteiger partial charge in [0.1, 0.15) is 6.61 Å². The van der Waals surface area contributed by atoms with Gasteiger partial charge in [-0.25, -0.2) is 4.98 Å². The van der Waals surface area contributed by atoms with Gasteiger partial charge in [0.25, 0.3) is 5.91 Å². The number of ether oxygens (including phenoxy) is 2. The van der Waals surface area contributed by atoms with Crippen LogP contribution in [0.4, 0.5) is 5.13 Å². The van der Waals surface area contributed by atoms with E-state index < -0.39 is 0 Å². The molecule has 0 saturated carbocycles. The van der Waals surface area contributed by atoms with E-state index in [0.29, 0.717) is 16.8 Å². The third-order valence-electron chi connectivity index (χ3n) is 5.10. The SMILES string of the molecule is O=C(COCc1ccccc1)Nc1nc(CN2CCOCC2)c(Cc2cccc(Cl)c2)s1. The van der Waals surface area contributed by atoms with Crippen LogP contribution in [0.2, 0.25) is 5.02 Å². The van der Waals surface area contributed by atoms with E-state index in [9.17, 15) is 4.79 Å². The lowest BCUT2D eigenvalue weighted by Crippen LogP contribution is -2.36. The molecule has 32 heavy (non-hydrogen) atoms. The van der Waals surface area contributed by atoms with Gasteiger partial charge in [0.05, 0.1) is 25.5 Å². The van der Waals surface area contributed by atoms with Crippen LogP contribution in [-0.4, -0.2) is 48.7 Å². The Morgan fingerprint density at radius 1 is 1.12 bits per heavy atom. The summed E-state index contributed by atoms with van der Waals surface area (Å²) in [5, 5.41) is 4.21. The lowest BCUT2D eigenvalue weighted by Gasteiger charge is -2.26. The highest BCUT2D eigenvalue weighted by molar-refractivity contribution is 7.15. The zero-order valence-corrected chi connectivity index (χ0v) is 19.3. The molecule has 0 aliphatic carbocycles. The molecule has 1 amide bonds. The van der Waals surface area contributed by atoms with Crippen molar-refractivity contribution in [3.8, 4) is 0 Å². The molecule has 0 bridgehead atoms. The first-order chi connectivity index (χ1) is 15.7. The number of anilines is 1. The van der Waals surface area contributed by atoms with Crippen molar-refractivity contribution in [3.63, 3.8) is 0 Å². The van der Waals surface area contributed by atoms with Crippen molar-refractivity contribution >= 4 is 34.0 Å². The van der Waals surface area contributed by atoms with Crippen LogP contribution in [0, 0.1) is 0 Å². The van der Waals surface area contributed by atoms with Crippen LogP contribution < -0.4 is 5.32 Å². The molecule has 2 heterocycles. The quantitative estimate of drug-likeness (QED) is 0.502. The van der Waals surface area contributed by atoms with Crippen molar-refractivity contribution in [1.29, 1.82) is 0 Å². The second kappa shape index (κ2) is 11.5. The standard InChI is InChI=1S/C24H26ClN3O3S/c25-20-8-4-7-19(13-20)14-22-21(15-28-9-11-30-12-10-28)26-24(32-22)27-23(29)17-31-16-18-5-2-1-3-6-18/h1-8,13H,9-12,14-17H2,(H,26,27,29). The summed E-state index contributed by atoms with van der Waals surface area (Å²) in [4.78, 5) is 20.6. The van der Waals surface area contributed by atoms with Gasteiger partial charge in [-0.3, -0.25) is 15.0 Å². The number of nitrogens with zero attached hydrogens (tertiary/aromatic N) is 2. The normalized spacial score (nSPS) is 14.4. The summed E-state index contributed by atoms with van der Waals surface area (Å²) in [6.45, 7) is 4.33. The molecule has 6 nitrogen and oxygen atoms in total. The first kappa shape index (κ1) is 22.9. The lowest BCUT2D eigenvalue weighted by molar-refractivity contribution is -0.121. The molecule has 1 N–H and O–H groups in total. The predicted molar refractivity (Wildman–Crippen MR) is 127 cm³/mol. The minimum Gasteiger partial charge on any atom is -0.379 e. The maximum Gasteiger partial charge on any atom is 0.252 e. The number of thiazole rings is 1. The van der Waals surface area contributed by atoms with Crippen molar-refractivity contribution in [2.45, 2.75) is 19.6 Å². The Balaban J connectivity index is 1.40. The molecule has 1 aliphatic heterocycles. The summed E-state index contributed by atoms with van der Waals surface area (Å²) < 4.78 is 11.0. The topological polar surface area (TPSA) is 63.7 Å². The Bertz CT molecular complexity index is 1020. The third kappa shape index (κ3) is 6.85. The molecular formula is C24H26ClN3O3S. The average Bonchev–Trinajstić information content (AvgIpc) is 3.15. The Kier molecular flexibility index (Phi) is 8.25. The fraction of sp³-hybridized carbons (Fsp3) is 0.333. The van der Waals surface area contributed by atoms with Crippen LogP contribution in [0.25, 0.3) is 0 Å². The van der Waals surface area contributed by atoms with Crippen LogP contribution >= 0.6 is 22.9 Å². The van der Waals surface area contributed by atoms with E-state index in [4.69, 9.17) is 26.1 Å². The number of morpholine rings is 1. The van der Waals surface area contributed by atoms with Crippen LogP contribution in [0.5, 0.6) is 0 Å². The summed E-state index contributed by atoms with van der Waals surface area (Å²) in [5.41, 5.74) is 3.14. The highest BCUT2D eigenvalue weighted by atomic mass is 35.5. The summed E-state index contributed by atoms with van der Waals surface area (Å²) >= 11 is 7.68. The first-order valence-electron chi connectivity index (χ1n) is 10.6. The first-order valence-corrected chi connectivity index (χ1v) is 11.8. The van der Waals surface area contributed by atoms with Crippen molar-refractivity contribution in [1.82, 2.24) is 9.88 Å². The number of hydrogen-bond acceptors (Lipinski definition) is 6. The highest BCUT2D eigenvalue weighted by Gasteiger charge is 2.18. The number of carbonyl (C=O) groups is 1. The zero-order valence-electron chi connectivity index (χ0n) is 17.8. The van der Waals surface area contributed by atoms with Crippen LogP contribution in [0.15, 0.2) is 54.6 Å². The Labute approximate surface area is 197 Å². The Morgan fingerprint density at radius 2 is 1.91 bits per heavy atom. The number of carbonyl (C=O) groups excluding carboxylic acids is 1. The Hall–Kier alpha value is -2.29. The number of halogens is 1. The highest BCUT2D eigenvalue weighted by Crippen LogP contribution is 2.28. The van der Waals surface area contributed by atoms with E-state index in [-0.39, 0.29) is 12.5 Å². The second-order valence-electron chi connectivity index (χ2n) is 7.61. The number of aromatic nitrogens is 1. The molecule has 1 aromatic heterocycles. The lowest BCUT2D eigenvalue weighted by atomic mass is 10.1. The van der Waals surface area contributed by atoms with Gasteiger partial charge in [-0.1, -0.05) is 54.1 Å². The molecule has 0 spiro atoms. The number of benzene rings is 2. The molecule has 1 saturated heterocycles. The molecule has 8 heteroatoms. The van der Waals surface area contributed by atoms with Gasteiger partial charge in [-0.2, -0.15) is 0 Å². The van der Waals surface area contributed by atoms with E-state index in [1.165, 1.54) is 11.3 Å². The molecule has 3 aromatic rings. The van der Waals surface area contributed by atoms with Crippen LogP contribution in [0.3, 0.4) is 0 Å². The monoisotopic (exact) mass is 471 g/mol. The van der Waals surface area contributed by atoms with Gasteiger partial charge < -0.3 is 9.47 Å². The Morgan fingerprint density at radius 3 is 2.69 bits per heavy atom. The van der Waals surface area contributed by atoms with Crippen LogP contribution in [-0.2, 0) is 33.8 Å². The predicted octanol–water partition coefficient (Wildman–Crippen LogP) is 4.37. The molecule has 0 unspecified atom stereocenters. The van der Waals surface area contributed by atoms with E-state index in [1.807, 2.05) is 48.5 Å². The van der Waals surface area contributed by atoms with Gasteiger partial charge in [0, 0.05) is 36.0 Å². The summed E-state index contributed by atoms with van der Waals surface area (Å²) in [6, 6.07) is 17.6. The van der Waals surface area contributed by atoms with E-state index >= 15 is 0 Å². The molecule has 1 aliphatic rings. The minimum absolute atomic E-state index is 0.0170. The number of amides is 1. The van der Waals surface area contributed by atoms with E-state index in [1.54, 1.807) is 0 Å². The third-order valence-corrected chi connectivity index (χ3v) is 6.35. The number of rotatable bonds is 9. The van der Waals surface area contributed by atoms with E-state index in [2.05, 4.69) is 16.3 Å². The van der Waals surface area contributed by atoms with Crippen molar-refractivity contribution in [3.05, 3.63) is 81.3 Å². The fourth-order valence-electron chi connectivity index (χ4n) is 3.49. The van der Waals surface area contributed by atoms with Crippen LogP contribution in [0.1, 0.15) is 21.7 Å². The van der Waals surface area contributed by atoms with Gasteiger partial charge in [-0.15, -0.1) is 11.3 Å². The maximum absolute atomic E-state index is 12.4. The van der Waals surface area contributed by atoms with Crippen molar-refractivity contribution in [2.24, 2.45) is 0 Å². The summed E-state index contributed by atoms with van der Waals surface area (Å²) in [5.74, 6) is -0.207. The second-order valence-corrected chi connectivity index (χ2v) is 9.13. The molecule has 2 aromatic carbocycles. The average molecular weight is 472 g/mol. The minimum atomic E-state index is -0.207. The van der Waals surface area contributed by atoms with Crippen molar-refractivity contribution < 1.29 is 14.3 Å². The zero-order chi connectivity index (χ0) is 22.2. The summed E-state index contributed by atoms with van der Waals surface area (Å²) in [6.07, 6.45) is 0.721. The number of hydrogen-bond donors (Lipinski definition) is 1. The van der Waals surface area contributed by atoms with Crippen molar-refractivity contribution in [2.75, 3.05) is 38.2 Å². The smallest absolute Gasteiger partial charge is 0.252 e. The molecule has 168 valence electrons. The molecular weight excluding hydrogens is 446 g/mol. The molecule has 1 fully saturated rings.